The third kappa shape index (κ3) is 3.78. The first kappa shape index (κ1) is 16.6. The first-order valence-electron chi connectivity index (χ1n) is 7.30. The maximum absolute atomic E-state index is 6.24. The molecule has 1 aromatic heterocycles. The number of halogens is 3. The molecule has 118 valence electrons. The SMILES string of the molecule is Clc1ccc(C(c2ccc(Cl)c(Cl)c2)N2CCCNCC2)s1. The Bertz CT molecular complexity index is 636. The van der Waals surface area contributed by atoms with Crippen LogP contribution in [0.4, 0.5) is 0 Å². The van der Waals surface area contributed by atoms with Crippen LogP contribution in [0, 0.1) is 0 Å². The van der Waals surface area contributed by atoms with Gasteiger partial charge in [0, 0.05) is 24.5 Å². The van der Waals surface area contributed by atoms with Crippen LogP contribution in [0.3, 0.4) is 0 Å². The Hall–Kier alpha value is -0.290. The molecule has 0 radical (unpaired) electrons. The van der Waals surface area contributed by atoms with Gasteiger partial charge < -0.3 is 5.32 Å². The summed E-state index contributed by atoms with van der Waals surface area (Å²) >= 11 is 20.1. The molecule has 1 N–H and O–H groups in total. The fraction of sp³-hybridized carbons (Fsp3) is 0.375. The second-order valence-corrected chi connectivity index (χ2v) is 7.92. The number of hydrogen-bond donors (Lipinski definition) is 1. The van der Waals surface area contributed by atoms with Crippen molar-refractivity contribution in [3.8, 4) is 0 Å². The van der Waals surface area contributed by atoms with Gasteiger partial charge in [-0.1, -0.05) is 40.9 Å². The van der Waals surface area contributed by atoms with Crippen LogP contribution in [0.5, 0.6) is 0 Å². The van der Waals surface area contributed by atoms with Crippen molar-refractivity contribution in [2.45, 2.75) is 12.5 Å². The topological polar surface area (TPSA) is 15.3 Å². The summed E-state index contributed by atoms with van der Waals surface area (Å²) in [4.78, 5) is 3.73. The molecule has 2 heterocycles. The molecule has 0 aliphatic carbocycles. The lowest BCUT2D eigenvalue weighted by atomic mass is 10.0. The third-order valence-corrected chi connectivity index (χ3v) is 5.89. The van der Waals surface area contributed by atoms with Gasteiger partial charge in [0.15, 0.2) is 0 Å². The predicted molar refractivity (Wildman–Crippen MR) is 96.7 cm³/mol. The number of nitrogens with zero attached hydrogens (tertiary/aromatic N) is 1. The molecule has 2 aromatic rings. The van der Waals surface area contributed by atoms with E-state index < -0.39 is 0 Å². The van der Waals surface area contributed by atoms with Crippen LogP contribution < -0.4 is 5.32 Å². The van der Waals surface area contributed by atoms with E-state index in [0.29, 0.717) is 10.0 Å². The smallest absolute Gasteiger partial charge is 0.0931 e. The minimum absolute atomic E-state index is 0.173. The van der Waals surface area contributed by atoms with Crippen molar-refractivity contribution in [2.75, 3.05) is 26.2 Å². The summed E-state index contributed by atoms with van der Waals surface area (Å²) in [5.74, 6) is 0. The van der Waals surface area contributed by atoms with E-state index in [-0.39, 0.29) is 6.04 Å². The molecular formula is C16H17Cl3N2S. The average Bonchev–Trinajstić information content (AvgIpc) is 2.75. The number of hydrogen-bond acceptors (Lipinski definition) is 3. The van der Waals surface area contributed by atoms with Gasteiger partial charge in [-0.15, -0.1) is 11.3 Å². The highest BCUT2D eigenvalue weighted by molar-refractivity contribution is 7.16. The number of rotatable bonds is 3. The largest absolute Gasteiger partial charge is 0.315 e. The van der Waals surface area contributed by atoms with Crippen molar-refractivity contribution in [1.82, 2.24) is 10.2 Å². The lowest BCUT2D eigenvalue weighted by Gasteiger charge is -2.30. The van der Waals surface area contributed by atoms with E-state index >= 15 is 0 Å². The standard InChI is InChI=1S/C16H17Cl3N2S/c17-12-3-2-11(10-13(12)18)16(14-4-5-15(19)22-14)21-8-1-6-20-7-9-21/h2-5,10,16,20H,1,6-9H2. The molecule has 1 unspecified atom stereocenters. The fourth-order valence-electron chi connectivity index (χ4n) is 2.84. The highest BCUT2D eigenvalue weighted by atomic mass is 35.5. The van der Waals surface area contributed by atoms with Crippen molar-refractivity contribution in [1.29, 1.82) is 0 Å². The second kappa shape index (κ2) is 7.52. The number of nitrogens with one attached hydrogen (secondary N) is 1. The van der Waals surface area contributed by atoms with E-state index in [4.69, 9.17) is 34.8 Å². The van der Waals surface area contributed by atoms with Crippen LogP contribution in [0.25, 0.3) is 0 Å². The van der Waals surface area contributed by atoms with Crippen molar-refractivity contribution < 1.29 is 0 Å². The summed E-state index contributed by atoms with van der Waals surface area (Å²) in [6.45, 7) is 4.11. The van der Waals surface area contributed by atoms with Gasteiger partial charge in [0.25, 0.3) is 0 Å². The number of benzene rings is 1. The average molecular weight is 376 g/mol. The van der Waals surface area contributed by atoms with Gasteiger partial charge in [0.2, 0.25) is 0 Å². The third-order valence-electron chi connectivity index (χ3n) is 3.86. The summed E-state index contributed by atoms with van der Waals surface area (Å²) in [5.41, 5.74) is 1.16. The second-order valence-electron chi connectivity index (χ2n) is 5.36. The van der Waals surface area contributed by atoms with Crippen LogP contribution >= 0.6 is 46.1 Å². The van der Waals surface area contributed by atoms with Crippen molar-refractivity contribution in [3.05, 3.63) is 55.2 Å². The van der Waals surface area contributed by atoms with Gasteiger partial charge in [0.1, 0.15) is 0 Å². The molecule has 0 spiro atoms. The monoisotopic (exact) mass is 374 g/mol. The molecule has 3 rings (SSSR count). The molecule has 1 atom stereocenters. The van der Waals surface area contributed by atoms with Crippen LogP contribution in [0.2, 0.25) is 14.4 Å². The maximum Gasteiger partial charge on any atom is 0.0931 e. The Balaban J connectivity index is 1.99. The highest BCUT2D eigenvalue weighted by Crippen LogP contribution is 2.37. The van der Waals surface area contributed by atoms with Gasteiger partial charge in [-0.25, -0.2) is 0 Å². The molecule has 0 saturated carbocycles. The zero-order valence-electron chi connectivity index (χ0n) is 12.0. The van der Waals surface area contributed by atoms with E-state index in [2.05, 4.69) is 22.3 Å². The molecule has 22 heavy (non-hydrogen) atoms. The molecule has 1 fully saturated rings. The van der Waals surface area contributed by atoms with Crippen molar-refractivity contribution in [3.63, 3.8) is 0 Å². The van der Waals surface area contributed by atoms with E-state index in [0.717, 1.165) is 42.5 Å². The van der Waals surface area contributed by atoms with Crippen LogP contribution in [-0.2, 0) is 0 Å². The van der Waals surface area contributed by atoms with Crippen LogP contribution in [-0.4, -0.2) is 31.1 Å². The first-order valence-corrected chi connectivity index (χ1v) is 9.25. The summed E-state index contributed by atoms with van der Waals surface area (Å²) in [5, 5.41) is 4.64. The summed E-state index contributed by atoms with van der Waals surface area (Å²) in [7, 11) is 0. The Labute approximate surface area is 150 Å². The maximum atomic E-state index is 6.24. The van der Waals surface area contributed by atoms with E-state index in [1.807, 2.05) is 18.2 Å². The summed E-state index contributed by atoms with van der Waals surface area (Å²) in [6, 6.07) is 10.1. The minimum atomic E-state index is 0.173. The van der Waals surface area contributed by atoms with E-state index in [9.17, 15) is 0 Å². The first-order chi connectivity index (χ1) is 10.6. The van der Waals surface area contributed by atoms with Gasteiger partial charge in [-0.3, -0.25) is 4.90 Å². The normalized spacial score (nSPS) is 18.1. The predicted octanol–water partition coefficient (Wildman–Crippen LogP) is 5.09. The number of thiophene rings is 1. The van der Waals surface area contributed by atoms with E-state index in [1.165, 1.54) is 4.88 Å². The summed E-state index contributed by atoms with van der Waals surface area (Å²) < 4.78 is 0.813. The summed E-state index contributed by atoms with van der Waals surface area (Å²) in [6.07, 6.45) is 1.14. The van der Waals surface area contributed by atoms with Gasteiger partial charge in [-0.05, 0) is 42.8 Å². The zero-order valence-corrected chi connectivity index (χ0v) is 15.1. The molecule has 6 heteroatoms. The quantitative estimate of drug-likeness (QED) is 0.803. The van der Waals surface area contributed by atoms with Crippen LogP contribution in [0.1, 0.15) is 22.9 Å². The Morgan fingerprint density at radius 3 is 2.59 bits per heavy atom. The Morgan fingerprint density at radius 1 is 1.00 bits per heavy atom. The van der Waals surface area contributed by atoms with Crippen molar-refractivity contribution >= 4 is 46.1 Å². The van der Waals surface area contributed by atoms with Gasteiger partial charge in [-0.2, -0.15) is 0 Å². The fourth-order valence-corrected chi connectivity index (χ4v) is 4.37. The molecule has 1 aliphatic heterocycles. The molecule has 2 nitrogen and oxygen atoms in total. The lowest BCUT2D eigenvalue weighted by Crippen LogP contribution is -2.32. The highest BCUT2D eigenvalue weighted by Gasteiger charge is 2.25. The van der Waals surface area contributed by atoms with Gasteiger partial charge in [0.05, 0.1) is 20.4 Å². The Morgan fingerprint density at radius 2 is 1.86 bits per heavy atom. The zero-order chi connectivity index (χ0) is 15.5. The molecule has 0 amide bonds. The van der Waals surface area contributed by atoms with Gasteiger partial charge >= 0.3 is 0 Å². The van der Waals surface area contributed by atoms with E-state index in [1.54, 1.807) is 11.3 Å². The van der Waals surface area contributed by atoms with Crippen LogP contribution in [0.15, 0.2) is 30.3 Å². The van der Waals surface area contributed by atoms with Crippen molar-refractivity contribution in [2.24, 2.45) is 0 Å². The molecule has 1 aromatic carbocycles. The molecule has 1 saturated heterocycles. The molecule has 1 aliphatic rings. The molecular weight excluding hydrogens is 359 g/mol. The Kier molecular flexibility index (Phi) is 5.66. The lowest BCUT2D eigenvalue weighted by molar-refractivity contribution is 0.244. The molecule has 0 bridgehead atoms. The minimum Gasteiger partial charge on any atom is -0.315 e.